The van der Waals surface area contributed by atoms with Crippen LogP contribution < -0.4 is 10.6 Å². The van der Waals surface area contributed by atoms with Gasteiger partial charge in [-0.3, -0.25) is 9.89 Å². The Bertz CT molecular complexity index is 622. The summed E-state index contributed by atoms with van der Waals surface area (Å²) in [5, 5.41) is 6.46. The first-order valence-corrected chi connectivity index (χ1v) is 11.8. The molecule has 0 aliphatic carbocycles. The molecule has 1 aliphatic rings. The Labute approximate surface area is 169 Å². The van der Waals surface area contributed by atoms with Crippen LogP contribution in [0.15, 0.2) is 4.99 Å². The van der Waals surface area contributed by atoms with E-state index < -0.39 is 15.4 Å². The molecule has 1 heterocycles. The number of aliphatic imine (C=N–C) groups is 1. The van der Waals surface area contributed by atoms with Crippen LogP contribution in [0.1, 0.15) is 34.1 Å². The minimum atomic E-state index is -2.96. The van der Waals surface area contributed by atoms with Crippen LogP contribution in [0.25, 0.3) is 0 Å². The highest BCUT2D eigenvalue weighted by Gasteiger charge is 2.25. The minimum absolute atomic E-state index is 0.0123. The van der Waals surface area contributed by atoms with Gasteiger partial charge >= 0.3 is 6.09 Å². The second kappa shape index (κ2) is 10.8. The van der Waals surface area contributed by atoms with Crippen molar-refractivity contribution in [2.75, 3.05) is 58.3 Å². The monoisotopic (exact) mass is 419 g/mol. The number of nitrogens with zero attached hydrogens (tertiary/aromatic N) is 3. The summed E-state index contributed by atoms with van der Waals surface area (Å²) in [4.78, 5) is 20.3. The van der Waals surface area contributed by atoms with E-state index in [9.17, 15) is 13.2 Å². The van der Waals surface area contributed by atoms with Crippen molar-refractivity contribution < 1.29 is 17.9 Å². The van der Waals surface area contributed by atoms with Gasteiger partial charge in [0, 0.05) is 58.6 Å². The average Bonchev–Trinajstić information content (AvgIpc) is 2.57. The first-order chi connectivity index (χ1) is 12.9. The molecule has 1 atom stereocenters. The summed E-state index contributed by atoms with van der Waals surface area (Å²) in [6.45, 7) is 12.0. The molecular formula is C18H37N5O4S. The van der Waals surface area contributed by atoms with E-state index in [1.54, 1.807) is 11.9 Å². The van der Waals surface area contributed by atoms with Crippen LogP contribution in [0, 0.1) is 0 Å². The van der Waals surface area contributed by atoms with Gasteiger partial charge in [-0.05, 0) is 34.1 Å². The molecule has 0 saturated carbocycles. The summed E-state index contributed by atoms with van der Waals surface area (Å²) in [6, 6.07) is 0.0123. The first kappa shape index (κ1) is 24.5. The fourth-order valence-electron chi connectivity index (χ4n) is 2.70. The molecule has 164 valence electrons. The molecule has 28 heavy (non-hydrogen) atoms. The maximum atomic E-state index is 12.1. The summed E-state index contributed by atoms with van der Waals surface area (Å²) in [7, 11) is -1.27. The summed E-state index contributed by atoms with van der Waals surface area (Å²) >= 11 is 0. The van der Waals surface area contributed by atoms with E-state index in [0.717, 1.165) is 19.6 Å². The fraction of sp³-hybridized carbons (Fsp3) is 0.889. The van der Waals surface area contributed by atoms with Gasteiger partial charge < -0.3 is 20.3 Å². The van der Waals surface area contributed by atoms with E-state index in [2.05, 4.69) is 20.5 Å². The number of ether oxygens (including phenoxy) is 1. The summed E-state index contributed by atoms with van der Waals surface area (Å²) in [5.41, 5.74) is -0.473. The zero-order valence-corrected chi connectivity index (χ0v) is 18.9. The number of guanidine groups is 1. The molecule has 2 N–H and O–H groups in total. The number of hydrogen-bond acceptors (Lipinski definition) is 6. The SMILES string of the molecule is CN=C(NCCN1CCN(C(=O)OC(C)(C)C)CC1)NC(C)CCS(C)(=O)=O. The molecule has 0 aromatic rings. The third-order valence-corrected chi connectivity index (χ3v) is 5.25. The molecular weight excluding hydrogens is 382 g/mol. The zero-order valence-electron chi connectivity index (χ0n) is 18.1. The van der Waals surface area contributed by atoms with Gasteiger partial charge in [0.15, 0.2) is 5.96 Å². The Hall–Kier alpha value is -1.55. The van der Waals surface area contributed by atoms with E-state index in [-0.39, 0.29) is 17.9 Å². The predicted molar refractivity (Wildman–Crippen MR) is 113 cm³/mol. The lowest BCUT2D eigenvalue weighted by atomic mass is 10.2. The molecule has 0 radical (unpaired) electrons. The van der Waals surface area contributed by atoms with Crippen molar-refractivity contribution in [2.45, 2.75) is 45.8 Å². The molecule has 1 aliphatic heterocycles. The second-order valence-corrected chi connectivity index (χ2v) is 10.5. The lowest BCUT2D eigenvalue weighted by molar-refractivity contribution is 0.0147. The van der Waals surface area contributed by atoms with Crippen LogP contribution in [0.2, 0.25) is 0 Å². The lowest BCUT2D eigenvalue weighted by Gasteiger charge is -2.35. The van der Waals surface area contributed by atoms with Crippen molar-refractivity contribution in [3.05, 3.63) is 0 Å². The quantitative estimate of drug-likeness (QED) is 0.458. The highest BCUT2D eigenvalue weighted by atomic mass is 32.2. The molecule has 0 aromatic carbocycles. The number of carbonyl (C=O) groups is 1. The summed E-state index contributed by atoms with van der Waals surface area (Å²) in [5.74, 6) is 0.813. The van der Waals surface area contributed by atoms with Crippen LogP contribution in [0.5, 0.6) is 0 Å². The topological polar surface area (TPSA) is 103 Å². The van der Waals surface area contributed by atoms with Crippen LogP contribution in [-0.4, -0.2) is 100 Å². The molecule has 1 rings (SSSR count). The van der Waals surface area contributed by atoms with E-state index in [4.69, 9.17) is 4.74 Å². The van der Waals surface area contributed by atoms with Crippen LogP contribution in [0.4, 0.5) is 4.79 Å². The molecule has 0 aromatic heterocycles. The Balaban J connectivity index is 2.27. The number of carbonyl (C=O) groups excluding carboxylic acids is 1. The maximum Gasteiger partial charge on any atom is 0.410 e. The Morgan fingerprint density at radius 3 is 2.32 bits per heavy atom. The average molecular weight is 420 g/mol. The minimum Gasteiger partial charge on any atom is -0.444 e. The van der Waals surface area contributed by atoms with Crippen molar-refractivity contribution in [2.24, 2.45) is 4.99 Å². The number of hydrogen-bond donors (Lipinski definition) is 2. The molecule has 1 unspecified atom stereocenters. The fourth-order valence-corrected chi connectivity index (χ4v) is 3.49. The Morgan fingerprint density at radius 1 is 1.21 bits per heavy atom. The normalized spacial score (nSPS) is 17.9. The van der Waals surface area contributed by atoms with Crippen LogP contribution >= 0.6 is 0 Å². The molecule has 0 spiro atoms. The van der Waals surface area contributed by atoms with Crippen molar-refractivity contribution >= 4 is 21.9 Å². The standard InChI is InChI=1S/C18H37N5O4S/c1-15(7-14-28(6,25)26)21-16(19-5)20-8-9-22-10-12-23(13-11-22)17(24)27-18(2,3)4/h15H,7-14H2,1-6H3,(H2,19,20,21). The van der Waals surface area contributed by atoms with Crippen molar-refractivity contribution in [3.8, 4) is 0 Å². The smallest absolute Gasteiger partial charge is 0.410 e. The maximum absolute atomic E-state index is 12.1. The number of amides is 1. The molecule has 10 heteroatoms. The second-order valence-electron chi connectivity index (χ2n) is 8.27. The third kappa shape index (κ3) is 10.7. The van der Waals surface area contributed by atoms with E-state index in [1.807, 2.05) is 27.7 Å². The van der Waals surface area contributed by atoms with Crippen LogP contribution in [-0.2, 0) is 14.6 Å². The van der Waals surface area contributed by atoms with Crippen LogP contribution in [0.3, 0.4) is 0 Å². The lowest BCUT2D eigenvalue weighted by Crippen LogP contribution is -2.52. The molecule has 9 nitrogen and oxygen atoms in total. The van der Waals surface area contributed by atoms with Gasteiger partial charge in [-0.1, -0.05) is 0 Å². The summed E-state index contributed by atoms with van der Waals surface area (Å²) in [6.07, 6.45) is 1.53. The predicted octanol–water partition coefficient (Wildman–Crippen LogP) is 0.527. The molecule has 1 fully saturated rings. The van der Waals surface area contributed by atoms with Gasteiger partial charge in [-0.15, -0.1) is 0 Å². The van der Waals surface area contributed by atoms with E-state index >= 15 is 0 Å². The summed E-state index contributed by atoms with van der Waals surface area (Å²) < 4.78 is 27.9. The number of sulfone groups is 1. The van der Waals surface area contributed by atoms with Crippen molar-refractivity contribution in [3.63, 3.8) is 0 Å². The molecule has 0 bridgehead atoms. The number of nitrogens with one attached hydrogen (secondary N) is 2. The highest BCUT2D eigenvalue weighted by molar-refractivity contribution is 7.90. The van der Waals surface area contributed by atoms with E-state index in [0.29, 0.717) is 32.0 Å². The van der Waals surface area contributed by atoms with Crippen molar-refractivity contribution in [1.82, 2.24) is 20.4 Å². The van der Waals surface area contributed by atoms with E-state index in [1.165, 1.54) is 6.26 Å². The van der Waals surface area contributed by atoms with Gasteiger partial charge in [0.05, 0.1) is 5.75 Å². The molecule has 1 saturated heterocycles. The van der Waals surface area contributed by atoms with Gasteiger partial charge in [0.2, 0.25) is 0 Å². The molecule has 1 amide bonds. The van der Waals surface area contributed by atoms with Gasteiger partial charge in [-0.25, -0.2) is 13.2 Å². The largest absolute Gasteiger partial charge is 0.444 e. The first-order valence-electron chi connectivity index (χ1n) is 9.75. The third-order valence-electron chi connectivity index (χ3n) is 4.27. The van der Waals surface area contributed by atoms with Gasteiger partial charge in [0.25, 0.3) is 0 Å². The number of piperazine rings is 1. The Morgan fingerprint density at radius 2 is 1.82 bits per heavy atom. The Kier molecular flexibility index (Phi) is 9.49. The zero-order chi connectivity index (χ0) is 21.4. The van der Waals surface area contributed by atoms with Gasteiger partial charge in [0.1, 0.15) is 15.4 Å². The number of rotatable bonds is 7. The van der Waals surface area contributed by atoms with Crippen molar-refractivity contribution in [1.29, 1.82) is 0 Å². The van der Waals surface area contributed by atoms with Gasteiger partial charge in [-0.2, -0.15) is 0 Å². The highest BCUT2D eigenvalue weighted by Crippen LogP contribution is 2.11.